The smallest absolute Gasteiger partial charge is 0.293 e. The summed E-state index contributed by atoms with van der Waals surface area (Å²) in [7, 11) is 1.88. The average molecular weight is 328 g/mol. The molecule has 0 spiro atoms. The van der Waals surface area contributed by atoms with E-state index in [0.717, 1.165) is 31.5 Å². The first kappa shape index (κ1) is 16.2. The fourth-order valence-electron chi connectivity index (χ4n) is 3.37. The van der Waals surface area contributed by atoms with Crippen molar-refractivity contribution in [3.8, 4) is 0 Å². The SMILES string of the molecule is CC(=O)c1ccc(N2CCCC[C@H]2c2ccnn2C)c([N+](=O)[O-])c1. The number of benzene rings is 1. The second kappa shape index (κ2) is 6.43. The van der Waals surface area contributed by atoms with Crippen LogP contribution < -0.4 is 4.90 Å². The molecule has 7 heteroatoms. The van der Waals surface area contributed by atoms with Crippen LogP contribution in [0.1, 0.15) is 48.3 Å². The fraction of sp³-hybridized carbons (Fsp3) is 0.412. The van der Waals surface area contributed by atoms with Gasteiger partial charge in [0.15, 0.2) is 5.78 Å². The second-order valence-electron chi connectivity index (χ2n) is 6.10. The normalized spacial score (nSPS) is 17.8. The number of ketones is 1. The number of carbonyl (C=O) groups is 1. The first-order valence-electron chi connectivity index (χ1n) is 8.03. The molecule has 2 aromatic rings. The van der Waals surface area contributed by atoms with Crippen molar-refractivity contribution in [2.24, 2.45) is 7.05 Å². The standard InChI is InChI=1S/C17H20N4O3/c1-12(22)13-6-7-16(17(11-13)21(23)24)20-10-4-3-5-15(20)14-8-9-18-19(14)2/h6-9,11,15H,3-5,10H2,1-2H3/t15-/m0/s1. The summed E-state index contributed by atoms with van der Waals surface area (Å²) in [5.41, 5.74) is 1.95. The molecule has 2 heterocycles. The van der Waals surface area contributed by atoms with Crippen molar-refractivity contribution in [2.45, 2.75) is 32.2 Å². The predicted octanol–water partition coefficient (Wildman–Crippen LogP) is 3.26. The molecule has 1 atom stereocenters. The molecule has 0 saturated carbocycles. The van der Waals surface area contributed by atoms with Crippen LogP contribution in [0.4, 0.5) is 11.4 Å². The lowest BCUT2D eigenvalue weighted by Crippen LogP contribution is -2.35. The Labute approximate surface area is 140 Å². The Morgan fingerprint density at radius 1 is 1.33 bits per heavy atom. The molecule has 1 aliphatic heterocycles. The van der Waals surface area contributed by atoms with Crippen molar-refractivity contribution in [3.05, 3.63) is 51.8 Å². The highest BCUT2D eigenvalue weighted by Gasteiger charge is 2.31. The van der Waals surface area contributed by atoms with Gasteiger partial charge in [-0.1, -0.05) is 0 Å². The quantitative estimate of drug-likeness (QED) is 0.489. The lowest BCUT2D eigenvalue weighted by Gasteiger charge is -2.37. The molecular formula is C17H20N4O3. The number of nitrogens with zero attached hydrogens (tertiary/aromatic N) is 4. The highest BCUT2D eigenvalue weighted by molar-refractivity contribution is 5.95. The monoisotopic (exact) mass is 328 g/mol. The van der Waals surface area contributed by atoms with E-state index in [1.807, 2.05) is 17.8 Å². The maximum atomic E-state index is 11.6. The van der Waals surface area contributed by atoms with Crippen molar-refractivity contribution in [1.82, 2.24) is 9.78 Å². The van der Waals surface area contributed by atoms with E-state index in [1.165, 1.54) is 13.0 Å². The summed E-state index contributed by atoms with van der Waals surface area (Å²) in [5, 5.41) is 15.8. The van der Waals surface area contributed by atoms with Gasteiger partial charge in [-0.2, -0.15) is 5.10 Å². The van der Waals surface area contributed by atoms with Gasteiger partial charge in [0.05, 0.1) is 16.7 Å². The van der Waals surface area contributed by atoms with E-state index in [-0.39, 0.29) is 17.5 Å². The summed E-state index contributed by atoms with van der Waals surface area (Å²) >= 11 is 0. The molecule has 1 aliphatic rings. The zero-order valence-electron chi connectivity index (χ0n) is 13.8. The molecule has 3 rings (SSSR count). The van der Waals surface area contributed by atoms with Crippen LogP contribution in [0, 0.1) is 10.1 Å². The third kappa shape index (κ3) is 2.89. The van der Waals surface area contributed by atoms with E-state index in [0.29, 0.717) is 11.3 Å². The van der Waals surface area contributed by atoms with Gasteiger partial charge < -0.3 is 4.90 Å². The summed E-state index contributed by atoms with van der Waals surface area (Å²) in [6.45, 7) is 2.16. The Morgan fingerprint density at radius 2 is 2.12 bits per heavy atom. The molecule has 0 amide bonds. The number of hydrogen-bond donors (Lipinski definition) is 0. The average Bonchev–Trinajstić information content (AvgIpc) is 3.00. The maximum absolute atomic E-state index is 11.6. The second-order valence-corrected chi connectivity index (χ2v) is 6.10. The van der Waals surface area contributed by atoms with Crippen molar-refractivity contribution >= 4 is 17.2 Å². The van der Waals surface area contributed by atoms with Gasteiger partial charge in [-0.3, -0.25) is 19.6 Å². The number of aryl methyl sites for hydroxylation is 1. The number of nitro benzene ring substituents is 1. The molecule has 1 fully saturated rings. The lowest BCUT2D eigenvalue weighted by atomic mass is 9.97. The van der Waals surface area contributed by atoms with Gasteiger partial charge in [0.2, 0.25) is 0 Å². The Morgan fingerprint density at radius 3 is 2.75 bits per heavy atom. The molecule has 1 aromatic heterocycles. The minimum atomic E-state index is -0.406. The van der Waals surface area contributed by atoms with Crippen LogP contribution in [0.5, 0.6) is 0 Å². The summed E-state index contributed by atoms with van der Waals surface area (Å²) < 4.78 is 1.82. The topological polar surface area (TPSA) is 81.3 Å². The first-order valence-corrected chi connectivity index (χ1v) is 8.03. The molecule has 1 saturated heterocycles. The third-order valence-electron chi connectivity index (χ3n) is 4.59. The zero-order valence-corrected chi connectivity index (χ0v) is 13.8. The van der Waals surface area contributed by atoms with E-state index in [4.69, 9.17) is 0 Å². The Bertz CT molecular complexity index is 784. The van der Waals surface area contributed by atoms with Crippen LogP contribution in [0.3, 0.4) is 0 Å². The minimum Gasteiger partial charge on any atom is -0.357 e. The van der Waals surface area contributed by atoms with Crippen LogP contribution in [0.25, 0.3) is 0 Å². The zero-order chi connectivity index (χ0) is 17.3. The summed E-state index contributed by atoms with van der Waals surface area (Å²) in [6.07, 6.45) is 4.73. The molecule has 7 nitrogen and oxygen atoms in total. The van der Waals surface area contributed by atoms with Crippen LogP contribution in [-0.2, 0) is 7.05 Å². The molecule has 1 aromatic carbocycles. The summed E-state index contributed by atoms with van der Waals surface area (Å²) in [4.78, 5) is 24.8. The molecule has 0 aliphatic carbocycles. The Hall–Kier alpha value is -2.70. The number of piperidine rings is 1. The molecular weight excluding hydrogens is 308 g/mol. The van der Waals surface area contributed by atoms with Crippen molar-refractivity contribution in [2.75, 3.05) is 11.4 Å². The van der Waals surface area contributed by atoms with Gasteiger partial charge in [0.1, 0.15) is 5.69 Å². The van der Waals surface area contributed by atoms with Crippen LogP contribution >= 0.6 is 0 Å². The number of rotatable bonds is 4. The van der Waals surface area contributed by atoms with E-state index in [2.05, 4.69) is 10.00 Å². The van der Waals surface area contributed by atoms with Crippen molar-refractivity contribution < 1.29 is 9.72 Å². The van der Waals surface area contributed by atoms with Crippen LogP contribution in [0.2, 0.25) is 0 Å². The molecule has 0 unspecified atom stereocenters. The third-order valence-corrected chi connectivity index (χ3v) is 4.59. The Balaban J connectivity index is 2.06. The summed E-state index contributed by atoms with van der Waals surface area (Å²) in [6, 6.07) is 6.75. The number of aromatic nitrogens is 2. The number of carbonyl (C=O) groups excluding carboxylic acids is 1. The highest BCUT2D eigenvalue weighted by atomic mass is 16.6. The molecule has 24 heavy (non-hydrogen) atoms. The van der Waals surface area contributed by atoms with E-state index >= 15 is 0 Å². The molecule has 0 N–H and O–H groups in total. The van der Waals surface area contributed by atoms with E-state index < -0.39 is 4.92 Å². The van der Waals surface area contributed by atoms with Gasteiger partial charge in [0, 0.05) is 31.4 Å². The summed E-state index contributed by atoms with van der Waals surface area (Å²) in [5.74, 6) is -0.175. The Kier molecular flexibility index (Phi) is 4.33. The first-order chi connectivity index (χ1) is 11.5. The van der Waals surface area contributed by atoms with Gasteiger partial charge in [-0.05, 0) is 44.4 Å². The van der Waals surface area contributed by atoms with Crippen molar-refractivity contribution in [3.63, 3.8) is 0 Å². The van der Waals surface area contributed by atoms with Gasteiger partial charge in [-0.15, -0.1) is 0 Å². The highest BCUT2D eigenvalue weighted by Crippen LogP contribution is 2.39. The van der Waals surface area contributed by atoms with Crippen LogP contribution in [-0.4, -0.2) is 27.0 Å². The fourth-order valence-corrected chi connectivity index (χ4v) is 3.37. The van der Waals surface area contributed by atoms with Gasteiger partial charge >= 0.3 is 0 Å². The largest absolute Gasteiger partial charge is 0.357 e. The van der Waals surface area contributed by atoms with Crippen molar-refractivity contribution in [1.29, 1.82) is 0 Å². The number of nitro groups is 1. The van der Waals surface area contributed by atoms with Gasteiger partial charge in [0.25, 0.3) is 5.69 Å². The van der Waals surface area contributed by atoms with Crippen LogP contribution in [0.15, 0.2) is 30.5 Å². The lowest BCUT2D eigenvalue weighted by molar-refractivity contribution is -0.384. The maximum Gasteiger partial charge on any atom is 0.293 e. The molecule has 0 radical (unpaired) electrons. The minimum absolute atomic E-state index is 0.0169. The number of hydrogen-bond acceptors (Lipinski definition) is 5. The van der Waals surface area contributed by atoms with E-state index in [1.54, 1.807) is 18.3 Å². The predicted molar refractivity (Wildman–Crippen MR) is 90.2 cm³/mol. The van der Waals surface area contributed by atoms with Gasteiger partial charge in [-0.25, -0.2) is 0 Å². The molecule has 0 bridgehead atoms. The molecule has 126 valence electrons. The number of Topliss-reactive ketones (excluding diaryl/α,β-unsaturated/α-hetero) is 1. The number of anilines is 1. The van der Waals surface area contributed by atoms with E-state index in [9.17, 15) is 14.9 Å².